The zero-order chi connectivity index (χ0) is 9.80. The average molecular weight is 210 g/mol. The molecule has 0 aliphatic carbocycles. The minimum atomic E-state index is 0.709. The number of aryl methyl sites for hydroxylation is 1. The zero-order valence-electron chi connectivity index (χ0n) is 7.86. The number of benzene rings is 1. The standard InChI is InChI=1S/C10H12ClN3/c11-7-3-4-8-14-12-9-5-1-2-6-10(9)13-14/h1-2,5-6H,3-4,7-8H2. The van der Waals surface area contributed by atoms with Crippen LogP contribution in [0.5, 0.6) is 0 Å². The van der Waals surface area contributed by atoms with Crippen LogP contribution in [0.2, 0.25) is 0 Å². The molecule has 0 saturated heterocycles. The predicted molar refractivity (Wildman–Crippen MR) is 57.5 cm³/mol. The Morgan fingerprint density at radius 3 is 2.29 bits per heavy atom. The van der Waals surface area contributed by atoms with E-state index in [4.69, 9.17) is 11.6 Å². The monoisotopic (exact) mass is 209 g/mol. The molecular weight excluding hydrogens is 198 g/mol. The summed E-state index contributed by atoms with van der Waals surface area (Å²) in [5, 5.41) is 8.69. The molecule has 0 fully saturated rings. The van der Waals surface area contributed by atoms with E-state index in [0.29, 0.717) is 5.88 Å². The van der Waals surface area contributed by atoms with Crippen molar-refractivity contribution >= 4 is 22.6 Å². The number of nitrogens with zero attached hydrogens (tertiary/aromatic N) is 3. The molecule has 1 heterocycles. The largest absolute Gasteiger partial charge is 0.184 e. The van der Waals surface area contributed by atoms with Crippen LogP contribution in [-0.2, 0) is 6.54 Å². The van der Waals surface area contributed by atoms with Gasteiger partial charge < -0.3 is 0 Å². The molecule has 0 unspecified atom stereocenters. The van der Waals surface area contributed by atoms with Gasteiger partial charge in [-0.3, -0.25) is 0 Å². The molecule has 0 atom stereocenters. The van der Waals surface area contributed by atoms with Gasteiger partial charge in [-0.2, -0.15) is 15.0 Å². The van der Waals surface area contributed by atoms with E-state index in [0.717, 1.165) is 30.4 Å². The van der Waals surface area contributed by atoms with Gasteiger partial charge in [0.25, 0.3) is 0 Å². The maximum absolute atomic E-state index is 5.60. The number of unbranched alkanes of at least 4 members (excludes halogenated alkanes) is 1. The Hall–Kier alpha value is -1.09. The summed E-state index contributed by atoms with van der Waals surface area (Å²) in [6.45, 7) is 0.849. The Balaban J connectivity index is 2.11. The summed E-state index contributed by atoms with van der Waals surface area (Å²) in [5.41, 5.74) is 1.91. The molecule has 0 aliphatic heterocycles. The van der Waals surface area contributed by atoms with E-state index < -0.39 is 0 Å². The summed E-state index contributed by atoms with van der Waals surface area (Å²) in [5.74, 6) is 0.709. The van der Waals surface area contributed by atoms with Gasteiger partial charge in [0.1, 0.15) is 11.0 Å². The first-order valence-electron chi connectivity index (χ1n) is 4.76. The highest BCUT2D eigenvalue weighted by atomic mass is 35.5. The highest BCUT2D eigenvalue weighted by Crippen LogP contribution is 2.07. The highest BCUT2D eigenvalue weighted by Gasteiger charge is 1.99. The topological polar surface area (TPSA) is 30.7 Å². The second kappa shape index (κ2) is 4.42. The van der Waals surface area contributed by atoms with Gasteiger partial charge in [-0.25, -0.2) is 0 Å². The van der Waals surface area contributed by atoms with E-state index in [9.17, 15) is 0 Å². The van der Waals surface area contributed by atoms with Crippen LogP contribution in [0, 0.1) is 0 Å². The Bertz CT molecular complexity index is 377. The van der Waals surface area contributed by atoms with Crippen molar-refractivity contribution in [1.29, 1.82) is 0 Å². The van der Waals surface area contributed by atoms with E-state index in [1.54, 1.807) is 4.80 Å². The lowest BCUT2D eigenvalue weighted by atomic mass is 10.3. The molecule has 0 spiro atoms. The van der Waals surface area contributed by atoms with Gasteiger partial charge in [0.2, 0.25) is 0 Å². The first-order valence-corrected chi connectivity index (χ1v) is 5.29. The van der Waals surface area contributed by atoms with Crippen LogP contribution >= 0.6 is 11.6 Å². The fourth-order valence-corrected chi connectivity index (χ4v) is 1.54. The van der Waals surface area contributed by atoms with E-state index in [1.807, 2.05) is 24.3 Å². The third kappa shape index (κ3) is 2.04. The number of fused-ring (bicyclic) bond motifs is 1. The van der Waals surface area contributed by atoms with Crippen molar-refractivity contribution in [2.45, 2.75) is 19.4 Å². The van der Waals surface area contributed by atoms with Gasteiger partial charge in [-0.05, 0) is 25.0 Å². The molecule has 0 amide bonds. The number of rotatable bonds is 4. The van der Waals surface area contributed by atoms with Crippen LogP contribution in [0.3, 0.4) is 0 Å². The number of alkyl halides is 1. The molecule has 0 bridgehead atoms. The van der Waals surface area contributed by atoms with Crippen molar-refractivity contribution in [2.75, 3.05) is 5.88 Å². The predicted octanol–water partition coefficient (Wildman–Crippen LogP) is 2.45. The lowest BCUT2D eigenvalue weighted by molar-refractivity contribution is 0.515. The van der Waals surface area contributed by atoms with Gasteiger partial charge >= 0.3 is 0 Å². The smallest absolute Gasteiger partial charge is 0.113 e. The number of aromatic nitrogens is 3. The Morgan fingerprint density at radius 2 is 1.71 bits per heavy atom. The maximum atomic E-state index is 5.60. The van der Waals surface area contributed by atoms with Crippen LogP contribution in [0.4, 0.5) is 0 Å². The quantitative estimate of drug-likeness (QED) is 0.572. The van der Waals surface area contributed by atoms with E-state index in [1.165, 1.54) is 0 Å². The van der Waals surface area contributed by atoms with Crippen molar-refractivity contribution in [3.05, 3.63) is 24.3 Å². The molecule has 14 heavy (non-hydrogen) atoms. The van der Waals surface area contributed by atoms with Crippen LogP contribution in [0.1, 0.15) is 12.8 Å². The molecule has 0 saturated carbocycles. The number of halogens is 1. The maximum Gasteiger partial charge on any atom is 0.113 e. The molecule has 2 rings (SSSR count). The van der Waals surface area contributed by atoms with E-state index in [-0.39, 0.29) is 0 Å². The molecule has 3 nitrogen and oxygen atoms in total. The van der Waals surface area contributed by atoms with Crippen LogP contribution in [0.15, 0.2) is 24.3 Å². The van der Waals surface area contributed by atoms with Crippen LogP contribution < -0.4 is 0 Å². The third-order valence-electron chi connectivity index (χ3n) is 2.07. The van der Waals surface area contributed by atoms with Gasteiger partial charge in [0.15, 0.2) is 0 Å². The lowest BCUT2D eigenvalue weighted by Crippen LogP contribution is -2.02. The summed E-state index contributed by atoms with van der Waals surface area (Å²) in [4.78, 5) is 1.75. The number of hydrogen-bond acceptors (Lipinski definition) is 2. The molecular formula is C10H12ClN3. The molecule has 4 heteroatoms. The average Bonchev–Trinajstić information content (AvgIpc) is 2.60. The van der Waals surface area contributed by atoms with Gasteiger partial charge in [0, 0.05) is 5.88 Å². The van der Waals surface area contributed by atoms with Crippen molar-refractivity contribution in [3.63, 3.8) is 0 Å². The van der Waals surface area contributed by atoms with Crippen molar-refractivity contribution < 1.29 is 0 Å². The van der Waals surface area contributed by atoms with Crippen molar-refractivity contribution in [3.8, 4) is 0 Å². The molecule has 1 aromatic heterocycles. The normalized spacial score (nSPS) is 10.9. The summed E-state index contributed by atoms with van der Waals surface area (Å²) in [7, 11) is 0. The third-order valence-corrected chi connectivity index (χ3v) is 2.34. The second-order valence-electron chi connectivity index (χ2n) is 3.18. The molecule has 0 aliphatic rings. The first-order chi connectivity index (χ1) is 6.90. The van der Waals surface area contributed by atoms with Crippen LogP contribution in [-0.4, -0.2) is 20.9 Å². The highest BCUT2D eigenvalue weighted by molar-refractivity contribution is 6.17. The molecule has 0 radical (unpaired) electrons. The summed E-state index contributed by atoms with van der Waals surface area (Å²) >= 11 is 5.60. The van der Waals surface area contributed by atoms with Crippen LogP contribution in [0.25, 0.3) is 11.0 Å². The minimum absolute atomic E-state index is 0.709. The summed E-state index contributed by atoms with van der Waals surface area (Å²) in [6, 6.07) is 7.89. The lowest BCUT2D eigenvalue weighted by Gasteiger charge is -1.95. The fourth-order valence-electron chi connectivity index (χ4n) is 1.35. The SMILES string of the molecule is ClCCCCn1nc2ccccc2n1. The zero-order valence-corrected chi connectivity index (χ0v) is 8.61. The van der Waals surface area contributed by atoms with Gasteiger partial charge in [-0.1, -0.05) is 12.1 Å². The molecule has 1 aromatic carbocycles. The first kappa shape index (κ1) is 9.46. The molecule has 0 N–H and O–H groups in total. The van der Waals surface area contributed by atoms with Crippen molar-refractivity contribution in [2.24, 2.45) is 0 Å². The Labute approximate surface area is 87.7 Å². The minimum Gasteiger partial charge on any atom is -0.184 e. The Morgan fingerprint density at radius 1 is 1.07 bits per heavy atom. The second-order valence-corrected chi connectivity index (χ2v) is 3.56. The van der Waals surface area contributed by atoms with Crippen molar-refractivity contribution in [1.82, 2.24) is 15.0 Å². The Kier molecular flexibility index (Phi) is 2.99. The number of hydrogen-bond donors (Lipinski definition) is 0. The van der Waals surface area contributed by atoms with Gasteiger partial charge in [0.05, 0.1) is 6.54 Å². The van der Waals surface area contributed by atoms with Gasteiger partial charge in [-0.15, -0.1) is 11.6 Å². The summed E-state index contributed by atoms with van der Waals surface area (Å²) in [6.07, 6.45) is 2.05. The molecule has 74 valence electrons. The molecule has 2 aromatic rings. The van der Waals surface area contributed by atoms with E-state index >= 15 is 0 Å². The fraction of sp³-hybridized carbons (Fsp3) is 0.400. The van der Waals surface area contributed by atoms with E-state index in [2.05, 4.69) is 10.2 Å². The summed E-state index contributed by atoms with van der Waals surface area (Å²) < 4.78 is 0.